The first-order chi connectivity index (χ1) is 16.9. The van der Waals surface area contributed by atoms with Crippen molar-refractivity contribution in [1.82, 2.24) is 15.1 Å². The van der Waals surface area contributed by atoms with Gasteiger partial charge in [-0.15, -0.1) is 0 Å². The van der Waals surface area contributed by atoms with Gasteiger partial charge in [0.15, 0.2) is 5.88 Å². The molecule has 0 spiro atoms. The number of hydrogen-bond donors (Lipinski definition) is 1. The molecular weight excluding hydrogens is 445 g/mol. The van der Waals surface area contributed by atoms with Gasteiger partial charge in [0.2, 0.25) is 0 Å². The Morgan fingerprint density at radius 1 is 1.17 bits per heavy atom. The number of aryl methyl sites for hydroxylation is 1. The van der Waals surface area contributed by atoms with E-state index in [9.17, 15) is 4.79 Å². The van der Waals surface area contributed by atoms with Crippen LogP contribution in [0.3, 0.4) is 0 Å². The molecule has 0 bridgehead atoms. The molecule has 5 nitrogen and oxygen atoms in total. The molecule has 3 heterocycles. The van der Waals surface area contributed by atoms with E-state index >= 15 is 0 Å². The topological polar surface area (TPSA) is 44.8 Å². The van der Waals surface area contributed by atoms with Gasteiger partial charge in [-0.3, -0.25) is 0 Å². The number of piperidine rings is 3. The van der Waals surface area contributed by atoms with Gasteiger partial charge < -0.3 is 9.64 Å². The predicted octanol–water partition coefficient (Wildman–Crippen LogP) is 4.47. The van der Waals surface area contributed by atoms with Gasteiger partial charge in [0, 0.05) is 13.1 Å². The fourth-order valence-corrected chi connectivity index (χ4v) is 6.35. The van der Waals surface area contributed by atoms with Crippen molar-refractivity contribution in [2.75, 3.05) is 26.2 Å². The average Bonchev–Trinajstić information content (AvgIpc) is 2.81. The number of benzene rings is 1. The van der Waals surface area contributed by atoms with E-state index in [2.05, 4.69) is 74.5 Å². The van der Waals surface area contributed by atoms with Crippen molar-refractivity contribution in [3.8, 4) is 0 Å². The molecule has 1 radical (unpaired) electrons. The van der Waals surface area contributed by atoms with Gasteiger partial charge >= 0.3 is 145 Å². The summed E-state index contributed by atoms with van der Waals surface area (Å²) in [7, 11) is 6.28. The van der Waals surface area contributed by atoms with E-state index in [1.54, 1.807) is 0 Å². The number of carbonyl (C=O) groups is 1. The number of nitrogens with one attached hydrogen (secondary N) is 1. The fourth-order valence-electron chi connectivity index (χ4n) is 6.35. The van der Waals surface area contributed by atoms with Crippen molar-refractivity contribution < 1.29 is 9.53 Å². The number of hydrogen-bond acceptors (Lipinski definition) is 4. The Balaban J connectivity index is 1.26. The minimum absolute atomic E-state index is 0.0242. The van der Waals surface area contributed by atoms with Crippen molar-refractivity contribution >= 4 is 19.0 Å². The van der Waals surface area contributed by atoms with Gasteiger partial charge in [-0.25, -0.2) is 0 Å². The maximum absolute atomic E-state index is 11.7. The molecule has 3 aliphatic heterocycles. The van der Waals surface area contributed by atoms with Gasteiger partial charge in [0.05, 0.1) is 0 Å². The molecule has 1 unspecified atom stereocenters. The molecule has 1 atom stereocenters. The molecule has 0 aromatic heterocycles. The molecule has 1 aromatic carbocycles. The van der Waals surface area contributed by atoms with Gasteiger partial charge in [-0.2, -0.15) is 0 Å². The molecular formula is C30H45BN3O2. The standard InChI is InChI=1S/C30H45BN3O2/c1-21-19-24(7-8-26(21)30(6)14-9-27(35)32-28(30)31)20-23-10-15-34(16-11-23)25-12-17-33(18-13-25)22(2)36-29(3,4)5/h7-8,19,23,25H,2,9-18,20H2,1,3-6H3,(H,32,35). The van der Waals surface area contributed by atoms with Crippen molar-refractivity contribution in [3.63, 3.8) is 0 Å². The van der Waals surface area contributed by atoms with Crippen LogP contribution in [0.25, 0.3) is 0 Å². The summed E-state index contributed by atoms with van der Waals surface area (Å²) < 4.78 is 5.99. The van der Waals surface area contributed by atoms with Crippen LogP contribution in [0.15, 0.2) is 30.7 Å². The van der Waals surface area contributed by atoms with E-state index in [0.29, 0.717) is 18.0 Å². The maximum atomic E-state index is 11.7. The molecule has 4 rings (SSSR count). The Hall–Kier alpha value is -2.08. The van der Waals surface area contributed by atoms with Crippen LogP contribution >= 0.6 is 0 Å². The average molecular weight is 491 g/mol. The number of carbonyl (C=O) groups excluding carboxylic acids is 1. The molecule has 1 amide bonds. The zero-order valence-corrected chi connectivity index (χ0v) is 23.2. The molecule has 195 valence electrons. The van der Waals surface area contributed by atoms with E-state index in [1.165, 1.54) is 55.5 Å². The third-order valence-corrected chi connectivity index (χ3v) is 8.54. The summed E-state index contributed by atoms with van der Waals surface area (Å²) in [6.45, 7) is 19.2. The van der Waals surface area contributed by atoms with Gasteiger partial charge in [0.25, 0.3) is 0 Å². The Morgan fingerprint density at radius 2 is 1.83 bits per heavy atom. The monoisotopic (exact) mass is 490 g/mol. The summed E-state index contributed by atoms with van der Waals surface area (Å²) in [4.78, 5) is 16.8. The molecule has 0 saturated carbocycles. The summed E-state index contributed by atoms with van der Waals surface area (Å²) in [5.74, 6) is 1.59. The zero-order chi connectivity index (χ0) is 26.1. The Labute approximate surface area is 219 Å². The van der Waals surface area contributed by atoms with E-state index < -0.39 is 0 Å². The van der Waals surface area contributed by atoms with Crippen LogP contribution in [0.5, 0.6) is 0 Å². The van der Waals surface area contributed by atoms with Crippen LogP contribution in [-0.2, 0) is 21.4 Å². The molecule has 3 saturated heterocycles. The molecule has 0 aliphatic carbocycles. The second kappa shape index (κ2) is 10.7. The van der Waals surface area contributed by atoms with Crippen LogP contribution in [0.1, 0.15) is 82.9 Å². The number of ether oxygens (including phenoxy) is 1. The molecule has 6 heteroatoms. The number of amides is 1. The van der Waals surface area contributed by atoms with Crippen LogP contribution in [0, 0.1) is 12.8 Å². The molecule has 36 heavy (non-hydrogen) atoms. The SMILES string of the molecule is [B]=C1NC(=O)CCC1(C)c1ccc(CC2CCN(C3CCN(C(=C)OC(C)(C)C)CC3)CC2)cc1C. The van der Waals surface area contributed by atoms with E-state index in [-0.39, 0.29) is 16.9 Å². The van der Waals surface area contributed by atoms with Crippen molar-refractivity contribution in [2.24, 2.45) is 5.92 Å². The predicted molar refractivity (Wildman–Crippen MR) is 149 cm³/mol. The summed E-state index contributed by atoms with van der Waals surface area (Å²) in [6.07, 6.45) is 7.35. The fraction of sp³-hybridized carbons (Fsp3) is 0.667. The third-order valence-electron chi connectivity index (χ3n) is 8.54. The molecule has 3 fully saturated rings. The Bertz CT molecular complexity index is 984. The summed E-state index contributed by atoms with van der Waals surface area (Å²) >= 11 is 0. The number of nitrogens with zero attached hydrogens (tertiary/aromatic N) is 2. The van der Waals surface area contributed by atoms with Crippen LogP contribution in [0.2, 0.25) is 0 Å². The molecule has 1 N–H and O–H groups in total. The van der Waals surface area contributed by atoms with Crippen molar-refractivity contribution in [1.29, 1.82) is 0 Å². The van der Waals surface area contributed by atoms with Gasteiger partial charge in [-0.05, 0) is 40.2 Å². The molecule has 1 aromatic rings. The van der Waals surface area contributed by atoms with Gasteiger partial charge in [-0.1, -0.05) is 0 Å². The summed E-state index contributed by atoms with van der Waals surface area (Å²) in [6, 6.07) is 7.56. The summed E-state index contributed by atoms with van der Waals surface area (Å²) in [5, 5.41) is 2.86. The second-order valence-corrected chi connectivity index (χ2v) is 12.5. The van der Waals surface area contributed by atoms with Crippen molar-refractivity contribution in [2.45, 2.75) is 96.6 Å². The second-order valence-electron chi connectivity index (χ2n) is 12.5. The van der Waals surface area contributed by atoms with Gasteiger partial charge in [0.1, 0.15) is 5.60 Å². The Kier molecular flexibility index (Phi) is 8.04. The van der Waals surface area contributed by atoms with E-state index in [4.69, 9.17) is 12.2 Å². The quantitative estimate of drug-likeness (QED) is 0.472. The zero-order valence-electron chi connectivity index (χ0n) is 23.2. The van der Waals surface area contributed by atoms with Crippen LogP contribution < -0.4 is 5.32 Å². The first kappa shape index (κ1) is 27.0. The summed E-state index contributed by atoms with van der Waals surface area (Å²) in [5.41, 5.74) is 4.03. The first-order valence-electron chi connectivity index (χ1n) is 13.8. The van der Waals surface area contributed by atoms with Crippen LogP contribution in [0.4, 0.5) is 0 Å². The van der Waals surface area contributed by atoms with E-state index in [1.807, 2.05) is 0 Å². The number of rotatable bonds is 6. The normalized spacial score (nSPS) is 25.1. The first-order valence-corrected chi connectivity index (χ1v) is 13.8. The Morgan fingerprint density at radius 3 is 2.42 bits per heavy atom. The molecule has 3 aliphatic rings. The number of likely N-dealkylation sites (tertiary alicyclic amines) is 2. The van der Waals surface area contributed by atoms with Crippen molar-refractivity contribution in [3.05, 3.63) is 47.4 Å². The minimum atomic E-state index is -0.289. The van der Waals surface area contributed by atoms with E-state index in [0.717, 1.165) is 37.7 Å². The van der Waals surface area contributed by atoms with Crippen LogP contribution in [-0.4, -0.2) is 66.6 Å². The third kappa shape index (κ3) is 6.24.